The van der Waals surface area contributed by atoms with Crippen LogP contribution in [-0.4, -0.2) is 19.0 Å². The van der Waals surface area contributed by atoms with Gasteiger partial charge in [-0.1, -0.05) is 60.7 Å². The lowest BCUT2D eigenvalue weighted by Gasteiger charge is -2.19. The molecule has 2 aromatic rings. The molecular formula is C17H18N2O3. The van der Waals surface area contributed by atoms with Gasteiger partial charge < -0.3 is 15.8 Å². The lowest BCUT2D eigenvalue weighted by Crippen LogP contribution is -2.40. The number of nitrogens with two attached hydrogens (primary N) is 1. The summed E-state index contributed by atoms with van der Waals surface area (Å²) < 4.78 is 4.76. The van der Waals surface area contributed by atoms with E-state index < -0.39 is 24.0 Å². The molecule has 22 heavy (non-hydrogen) atoms. The number of esters is 1. The predicted octanol–water partition coefficient (Wildman–Crippen LogP) is 1.72. The van der Waals surface area contributed by atoms with Gasteiger partial charge in [-0.15, -0.1) is 0 Å². The molecule has 0 saturated carbocycles. The summed E-state index contributed by atoms with van der Waals surface area (Å²) in [7, 11) is 1.28. The summed E-state index contributed by atoms with van der Waals surface area (Å²) in [6.07, 6.45) is 0. The molecule has 0 aliphatic carbocycles. The summed E-state index contributed by atoms with van der Waals surface area (Å²) in [6.45, 7) is 0. The molecule has 0 spiro atoms. The van der Waals surface area contributed by atoms with Crippen molar-refractivity contribution in [3.8, 4) is 0 Å². The first kappa shape index (κ1) is 15.7. The van der Waals surface area contributed by atoms with Crippen LogP contribution >= 0.6 is 0 Å². The van der Waals surface area contributed by atoms with Gasteiger partial charge >= 0.3 is 5.97 Å². The minimum Gasteiger partial charge on any atom is -0.467 e. The number of methoxy groups -OCH3 is 1. The highest BCUT2D eigenvalue weighted by Crippen LogP contribution is 2.17. The molecule has 0 aromatic heterocycles. The van der Waals surface area contributed by atoms with Gasteiger partial charge in [-0.2, -0.15) is 0 Å². The maximum Gasteiger partial charge on any atom is 0.333 e. The van der Waals surface area contributed by atoms with E-state index in [2.05, 4.69) is 5.32 Å². The number of benzene rings is 2. The monoisotopic (exact) mass is 298 g/mol. The first-order valence-corrected chi connectivity index (χ1v) is 6.87. The van der Waals surface area contributed by atoms with E-state index in [0.717, 1.165) is 0 Å². The molecule has 0 unspecified atom stereocenters. The fourth-order valence-corrected chi connectivity index (χ4v) is 2.09. The first-order valence-electron chi connectivity index (χ1n) is 6.87. The van der Waals surface area contributed by atoms with Crippen LogP contribution in [0.1, 0.15) is 23.2 Å². The second-order valence-electron chi connectivity index (χ2n) is 4.76. The van der Waals surface area contributed by atoms with Crippen LogP contribution in [0.3, 0.4) is 0 Å². The fraction of sp³-hybridized carbons (Fsp3) is 0.176. The SMILES string of the molecule is COC(=O)[C@@H](NC(=O)[C@@H](N)c1ccccc1)c1ccccc1. The van der Waals surface area contributed by atoms with Gasteiger partial charge in [0.25, 0.3) is 0 Å². The molecule has 5 nitrogen and oxygen atoms in total. The Morgan fingerprint density at radius 2 is 1.45 bits per heavy atom. The number of nitrogens with one attached hydrogen (secondary N) is 1. The Morgan fingerprint density at radius 3 is 1.95 bits per heavy atom. The average Bonchev–Trinajstić information content (AvgIpc) is 2.59. The van der Waals surface area contributed by atoms with Gasteiger partial charge in [-0.25, -0.2) is 4.79 Å². The van der Waals surface area contributed by atoms with Crippen molar-refractivity contribution in [1.29, 1.82) is 0 Å². The third-order valence-electron chi connectivity index (χ3n) is 3.30. The Balaban J connectivity index is 2.17. The van der Waals surface area contributed by atoms with E-state index in [1.807, 2.05) is 12.1 Å². The Bertz CT molecular complexity index is 629. The first-order chi connectivity index (χ1) is 10.6. The molecule has 5 heteroatoms. The third kappa shape index (κ3) is 3.71. The van der Waals surface area contributed by atoms with E-state index in [1.54, 1.807) is 48.5 Å². The summed E-state index contributed by atoms with van der Waals surface area (Å²) in [5.74, 6) is -0.981. The summed E-state index contributed by atoms with van der Waals surface area (Å²) in [6, 6.07) is 16.1. The van der Waals surface area contributed by atoms with Crippen LogP contribution in [0.5, 0.6) is 0 Å². The van der Waals surface area contributed by atoms with Gasteiger partial charge in [-0.3, -0.25) is 4.79 Å². The molecule has 0 saturated heterocycles. The van der Waals surface area contributed by atoms with E-state index in [9.17, 15) is 9.59 Å². The summed E-state index contributed by atoms with van der Waals surface area (Å²) >= 11 is 0. The largest absolute Gasteiger partial charge is 0.467 e. The highest BCUT2D eigenvalue weighted by atomic mass is 16.5. The van der Waals surface area contributed by atoms with Crippen LogP contribution in [0.2, 0.25) is 0 Å². The van der Waals surface area contributed by atoms with Crippen LogP contribution in [0.4, 0.5) is 0 Å². The zero-order valence-corrected chi connectivity index (χ0v) is 12.2. The standard InChI is InChI=1S/C17H18N2O3/c1-22-17(21)15(13-10-6-3-7-11-13)19-16(20)14(18)12-8-4-2-5-9-12/h2-11,14-15H,18H2,1H3,(H,19,20)/t14-,15-/m0/s1. The van der Waals surface area contributed by atoms with Gasteiger partial charge in [0.15, 0.2) is 6.04 Å². The Hall–Kier alpha value is -2.66. The van der Waals surface area contributed by atoms with Crippen molar-refractivity contribution < 1.29 is 14.3 Å². The minimum absolute atomic E-state index is 0.439. The Labute approximate surface area is 129 Å². The Kier molecular flexibility index (Phi) is 5.27. The average molecular weight is 298 g/mol. The molecule has 2 atom stereocenters. The highest BCUT2D eigenvalue weighted by Gasteiger charge is 2.26. The lowest BCUT2D eigenvalue weighted by atomic mass is 10.0. The maximum atomic E-state index is 12.3. The topological polar surface area (TPSA) is 81.4 Å². The molecule has 0 heterocycles. The second kappa shape index (κ2) is 7.38. The van der Waals surface area contributed by atoms with Crippen LogP contribution in [0, 0.1) is 0 Å². The van der Waals surface area contributed by atoms with Crippen molar-refractivity contribution in [2.45, 2.75) is 12.1 Å². The minimum atomic E-state index is -0.881. The Morgan fingerprint density at radius 1 is 0.955 bits per heavy atom. The van der Waals surface area contributed by atoms with Crippen molar-refractivity contribution in [2.75, 3.05) is 7.11 Å². The summed E-state index contributed by atoms with van der Waals surface area (Å²) in [5, 5.41) is 2.64. The zero-order chi connectivity index (χ0) is 15.9. The van der Waals surface area contributed by atoms with Gasteiger partial charge in [0.2, 0.25) is 5.91 Å². The lowest BCUT2D eigenvalue weighted by molar-refractivity contribution is -0.145. The van der Waals surface area contributed by atoms with Gasteiger partial charge in [-0.05, 0) is 11.1 Å². The number of amides is 1. The number of carbonyl (C=O) groups is 2. The molecule has 2 rings (SSSR count). The summed E-state index contributed by atoms with van der Waals surface area (Å²) in [4.78, 5) is 24.2. The van der Waals surface area contributed by atoms with E-state index in [1.165, 1.54) is 7.11 Å². The number of hydrogen-bond donors (Lipinski definition) is 2. The molecular weight excluding hydrogens is 280 g/mol. The summed E-state index contributed by atoms with van der Waals surface area (Å²) in [5.41, 5.74) is 7.26. The molecule has 1 amide bonds. The van der Waals surface area contributed by atoms with E-state index >= 15 is 0 Å². The highest BCUT2D eigenvalue weighted by molar-refractivity contribution is 5.88. The van der Waals surface area contributed by atoms with Crippen LogP contribution in [0.25, 0.3) is 0 Å². The van der Waals surface area contributed by atoms with Gasteiger partial charge in [0.05, 0.1) is 7.11 Å². The molecule has 3 N–H and O–H groups in total. The number of carbonyl (C=O) groups excluding carboxylic acids is 2. The van der Waals surface area contributed by atoms with E-state index in [0.29, 0.717) is 11.1 Å². The fourth-order valence-electron chi connectivity index (χ4n) is 2.09. The molecule has 2 aromatic carbocycles. The van der Waals surface area contributed by atoms with Crippen molar-refractivity contribution in [3.63, 3.8) is 0 Å². The van der Waals surface area contributed by atoms with Gasteiger partial charge in [0.1, 0.15) is 6.04 Å². The quantitative estimate of drug-likeness (QED) is 0.823. The number of ether oxygens (including phenoxy) is 1. The zero-order valence-electron chi connectivity index (χ0n) is 12.2. The molecule has 0 aliphatic rings. The molecule has 114 valence electrons. The van der Waals surface area contributed by atoms with Gasteiger partial charge in [0, 0.05) is 0 Å². The molecule has 0 radical (unpaired) electrons. The van der Waals surface area contributed by atoms with Crippen molar-refractivity contribution >= 4 is 11.9 Å². The predicted molar refractivity (Wildman–Crippen MR) is 82.7 cm³/mol. The molecule has 0 aliphatic heterocycles. The second-order valence-corrected chi connectivity index (χ2v) is 4.76. The normalized spacial score (nSPS) is 13.0. The van der Waals surface area contributed by atoms with E-state index in [-0.39, 0.29) is 0 Å². The van der Waals surface area contributed by atoms with Crippen LogP contribution < -0.4 is 11.1 Å². The molecule has 0 bridgehead atoms. The smallest absolute Gasteiger partial charge is 0.333 e. The number of rotatable bonds is 5. The molecule has 0 fully saturated rings. The van der Waals surface area contributed by atoms with Crippen LogP contribution in [-0.2, 0) is 14.3 Å². The number of hydrogen-bond acceptors (Lipinski definition) is 4. The van der Waals surface area contributed by atoms with Crippen molar-refractivity contribution in [1.82, 2.24) is 5.32 Å². The van der Waals surface area contributed by atoms with Crippen LogP contribution in [0.15, 0.2) is 60.7 Å². The van der Waals surface area contributed by atoms with Crippen molar-refractivity contribution in [3.05, 3.63) is 71.8 Å². The third-order valence-corrected chi connectivity index (χ3v) is 3.30. The van der Waals surface area contributed by atoms with Crippen molar-refractivity contribution in [2.24, 2.45) is 5.73 Å². The maximum absolute atomic E-state index is 12.3. The van der Waals surface area contributed by atoms with E-state index in [4.69, 9.17) is 10.5 Å².